The minimum atomic E-state index is -0.722. The lowest BCUT2D eigenvalue weighted by Gasteiger charge is -2.22. The molecule has 0 aromatic heterocycles. The molecule has 0 saturated carbocycles. The van der Waals surface area contributed by atoms with Gasteiger partial charge in [-0.15, -0.1) is 5.53 Å². The third-order valence-electron chi connectivity index (χ3n) is 3.20. The second-order valence-corrected chi connectivity index (χ2v) is 5.39. The van der Waals surface area contributed by atoms with Crippen molar-refractivity contribution in [2.45, 2.75) is 6.10 Å². The minimum Gasteiger partial charge on any atom is -0.386 e. The van der Waals surface area contributed by atoms with Gasteiger partial charge in [0.1, 0.15) is 0 Å². The Balaban J connectivity index is 1.79. The first-order chi connectivity index (χ1) is 9.65. The van der Waals surface area contributed by atoms with Gasteiger partial charge in [-0.1, -0.05) is 41.4 Å². The highest BCUT2D eigenvalue weighted by Crippen LogP contribution is 2.31. The van der Waals surface area contributed by atoms with Gasteiger partial charge in [0, 0.05) is 15.6 Å². The van der Waals surface area contributed by atoms with Crippen LogP contribution in [0.3, 0.4) is 0 Å². The standard InChI is InChI=1S/C14H13Cl2N3O/c15-9-5-6-10(11(16)7-9)14(20)8-19-13-4-2-1-3-12(13)17-18-19/h1-7,14,17-18,20H,8H2. The summed E-state index contributed by atoms with van der Waals surface area (Å²) in [6.07, 6.45) is -0.722. The monoisotopic (exact) mass is 309 g/mol. The average Bonchev–Trinajstić information content (AvgIpc) is 2.82. The van der Waals surface area contributed by atoms with E-state index in [4.69, 9.17) is 23.2 Å². The highest BCUT2D eigenvalue weighted by molar-refractivity contribution is 6.35. The van der Waals surface area contributed by atoms with E-state index in [1.165, 1.54) is 0 Å². The summed E-state index contributed by atoms with van der Waals surface area (Å²) in [7, 11) is 0. The van der Waals surface area contributed by atoms with E-state index in [0.29, 0.717) is 22.2 Å². The van der Waals surface area contributed by atoms with Crippen molar-refractivity contribution in [3.63, 3.8) is 0 Å². The fourth-order valence-electron chi connectivity index (χ4n) is 2.19. The van der Waals surface area contributed by atoms with Gasteiger partial charge >= 0.3 is 0 Å². The summed E-state index contributed by atoms with van der Waals surface area (Å²) < 4.78 is 0. The third kappa shape index (κ3) is 2.55. The number of nitrogens with one attached hydrogen (secondary N) is 2. The molecule has 2 aromatic carbocycles. The molecule has 0 radical (unpaired) electrons. The first-order valence-corrected chi connectivity index (χ1v) is 6.92. The van der Waals surface area contributed by atoms with E-state index in [1.54, 1.807) is 18.2 Å². The molecule has 1 atom stereocenters. The molecule has 20 heavy (non-hydrogen) atoms. The maximum atomic E-state index is 10.3. The van der Waals surface area contributed by atoms with Crippen LogP contribution in [0.4, 0.5) is 11.4 Å². The molecule has 0 spiro atoms. The Morgan fingerprint density at radius 1 is 1.15 bits per heavy atom. The predicted octanol–water partition coefficient (Wildman–Crippen LogP) is 3.38. The van der Waals surface area contributed by atoms with Crippen LogP contribution in [0.25, 0.3) is 0 Å². The fraction of sp³-hybridized carbons (Fsp3) is 0.143. The van der Waals surface area contributed by atoms with Crippen LogP contribution in [0.5, 0.6) is 0 Å². The Bertz CT molecular complexity index is 636. The molecule has 1 unspecified atom stereocenters. The van der Waals surface area contributed by atoms with Crippen molar-refractivity contribution in [1.82, 2.24) is 5.53 Å². The maximum Gasteiger partial charge on any atom is 0.0995 e. The van der Waals surface area contributed by atoms with Crippen LogP contribution >= 0.6 is 23.2 Å². The topological polar surface area (TPSA) is 47.5 Å². The highest BCUT2D eigenvalue weighted by Gasteiger charge is 2.22. The molecule has 0 bridgehead atoms. The van der Waals surface area contributed by atoms with E-state index in [1.807, 2.05) is 29.3 Å². The van der Waals surface area contributed by atoms with Gasteiger partial charge < -0.3 is 10.5 Å². The Morgan fingerprint density at radius 2 is 1.95 bits per heavy atom. The molecule has 4 nitrogen and oxygen atoms in total. The molecule has 0 amide bonds. The number of rotatable bonds is 3. The van der Waals surface area contributed by atoms with Gasteiger partial charge in [-0.25, -0.2) is 0 Å². The molecule has 3 N–H and O–H groups in total. The number of anilines is 2. The number of hydrogen-bond donors (Lipinski definition) is 3. The number of fused-ring (bicyclic) bond motifs is 1. The molecule has 6 heteroatoms. The molecule has 1 aliphatic rings. The van der Waals surface area contributed by atoms with Crippen LogP contribution in [0.15, 0.2) is 42.5 Å². The van der Waals surface area contributed by atoms with Crippen molar-refractivity contribution in [2.24, 2.45) is 0 Å². The number of halogens is 2. The van der Waals surface area contributed by atoms with Gasteiger partial charge in [-0.3, -0.25) is 5.01 Å². The van der Waals surface area contributed by atoms with Crippen molar-refractivity contribution in [2.75, 3.05) is 17.0 Å². The lowest BCUT2D eigenvalue weighted by atomic mass is 10.1. The largest absolute Gasteiger partial charge is 0.386 e. The predicted molar refractivity (Wildman–Crippen MR) is 82.0 cm³/mol. The van der Waals surface area contributed by atoms with Crippen molar-refractivity contribution in [3.05, 3.63) is 58.1 Å². The van der Waals surface area contributed by atoms with Gasteiger partial charge in [-0.2, -0.15) is 0 Å². The van der Waals surface area contributed by atoms with Crippen molar-refractivity contribution >= 4 is 34.6 Å². The Morgan fingerprint density at radius 3 is 2.75 bits per heavy atom. The van der Waals surface area contributed by atoms with E-state index in [0.717, 1.165) is 11.4 Å². The van der Waals surface area contributed by atoms with Gasteiger partial charge in [0.05, 0.1) is 24.0 Å². The van der Waals surface area contributed by atoms with E-state index in [2.05, 4.69) is 11.0 Å². The second kappa shape index (κ2) is 5.50. The van der Waals surface area contributed by atoms with Crippen LogP contribution in [-0.4, -0.2) is 11.7 Å². The SMILES string of the molecule is OC(CN1NNc2ccccc21)c1ccc(Cl)cc1Cl. The van der Waals surface area contributed by atoms with E-state index >= 15 is 0 Å². The molecule has 0 saturated heterocycles. The van der Waals surface area contributed by atoms with Crippen LogP contribution in [-0.2, 0) is 0 Å². The van der Waals surface area contributed by atoms with Crippen molar-refractivity contribution in [3.8, 4) is 0 Å². The number of β-amino-alcohol motifs (C(OH)–C–C–N with tert-alkyl or cyclic N) is 1. The summed E-state index contributed by atoms with van der Waals surface area (Å²) in [5.74, 6) is 0. The zero-order valence-corrected chi connectivity index (χ0v) is 12.0. The second-order valence-electron chi connectivity index (χ2n) is 4.55. The quantitative estimate of drug-likeness (QED) is 0.813. The van der Waals surface area contributed by atoms with Crippen LogP contribution in [0.1, 0.15) is 11.7 Å². The maximum absolute atomic E-state index is 10.3. The van der Waals surface area contributed by atoms with Crippen molar-refractivity contribution in [1.29, 1.82) is 0 Å². The molecule has 104 valence electrons. The molecule has 2 aromatic rings. The van der Waals surface area contributed by atoms with Crippen LogP contribution < -0.4 is 16.0 Å². The summed E-state index contributed by atoms with van der Waals surface area (Å²) in [6.45, 7) is 0.366. The number of aliphatic hydroxyl groups is 1. The average molecular weight is 310 g/mol. The number of benzene rings is 2. The lowest BCUT2D eigenvalue weighted by Crippen LogP contribution is -2.39. The first-order valence-electron chi connectivity index (χ1n) is 6.16. The first kappa shape index (κ1) is 13.5. The normalized spacial score (nSPS) is 14.8. The molecular weight excluding hydrogens is 297 g/mol. The smallest absolute Gasteiger partial charge is 0.0995 e. The Kier molecular flexibility index (Phi) is 3.72. The van der Waals surface area contributed by atoms with E-state index in [9.17, 15) is 5.11 Å². The summed E-state index contributed by atoms with van der Waals surface area (Å²) in [4.78, 5) is 0. The lowest BCUT2D eigenvalue weighted by molar-refractivity contribution is 0.181. The van der Waals surface area contributed by atoms with Gasteiger partial charge in [0.25, 0.3) is 0 Å². The fourth-order valence-corrected chi connectivity index (χ4v) is 2.72. The molecule has 0 fully saturated rings. The molecule has 1 aliphatic heterocycles. The third-order valence-corrected chi connectivity index (χ3v) is 3.76. The number of aliphatic hydroxyl groups excluding tert-OH is 1. The molecule has 0 aliphatic carbocycles. The van der Waals surface area contributed by atoms with Gasteiger partial charge in [0.2, 0.25) is 0 Å². The molecule has 3 rings (SSSR count). The molecule has 1 heterocycles. The van der Waals surface area contributed by atoms with E-state index in [-0.39, 0.29) is 0 Å². The zero-order valence-electron chi connectivity index (χ0n) is 10.5. The van der Waals surface area contributed by atoms with Gasteiger partial charge in [-0.05, 0) is 24.3 Å². The summed E-state index contributed by atoms with van der Waals surface area (Å²) in [5, 5.41) is 13.2. The van der Waals surface area contributed by atoms with Crippen molar-refractivity contribution < 1.29 is 5.11 Å². The number of nitrogens with zero attached hydrogens (tertiary/aromatic N) is 1. The summed E-state index contributed by atoms with van der Waals surface area (Å²) in [6, 6.07) is 12.9. The van der Waals surface area contributed by atoms with Gasteiger partial charge in [0.15, 0.2) is 0 Å². The summed E-state index contributed by atoms with van der Waals surface area (Å²) >= 11 is 12.0. The number of para-hydroxylation sites is 2. The number of hydrazine groups is 2. The minimum absolute atomic E-state index is 0.366. The number of hydrogen-bond acceptors (Lipinski definition) is 4. The molecular formula is C14H13Cl2N3O. The highest BCUT2D eigenvalue weighted by atomic mass is 35.5. The van der Waals surface area contributed by atoms with Crippen LogP contribution in [0, 0.1) is 0 Å². The summed E-state index contributed by atoms with van der Waals surface area (Å²) in [5.41, 5.74) is 8.66. The van der Waals surface area contributed by atoms with Crippen LogP contribution in [0.2, 0.25) is 10.0 Å². The zero-order chi connectivity index (χ0) is 14.1. The Hall–Kier alpha value is -1.46. The Labute approximate surface area is 126 Å². The van der Waals surface area contributed by atoms with E-state index < -0.39 is 6.10 Å².